The van der Waals surface area contributed by atoms with Crippen molar-refractivity contribution in [2.75, 3.05) is 19.7 Å². The number of hydrogen-bond donors (Lipinski definition) is 1. The predicted molar refractivity (Wildman–Crippen MR) is 107 cm³/mol. The van der Waals surface area contributed by atoms with E-state index in [1.165, 1.54) is 48.5 Å². The van der Waals surface area contributed by atoms with Crippen molar-refractivity contribution < 1.29 is 22.3 Å². The van der Waals surface area contributed by atoms with Gasteiger partial charge in [0.1, 0.15) is 5.82 Å². The van der Waals surface area contributed by atoms with Crippen LogP contribution in [0.25, 0.3) is 0 Å². The lowest BCUT2D eigenvalue weighted by atomic mass is 10.2. The Labute approximate surface area is 174 Å². The zero-order valence-electron chi connectivity index (χ0n) is 15.7. The van der Waals surface area contributed by atoms with Crippen LogP contribution >= 0.6 is 11.6 Å². The summed E-state index contributed by atoms with van der Waals surface area (Å²) < 4.78 is 46.0. The van der Waals surface area contributed by atoms with Crippen LogP contribution < -0.4 is 5.32 Å². The standard InChI is InChI=1S/C20H22ClFN2O4S/c21-16-5-9-19(10-6-16)29(26,27)24(13-15-3-7-17(22)8-4-15)14-20(25)23-12-18-2-1-11-28-18/h3-10,18H,1-2,11-14H2,(H,23,25). The second-order valence-electron chi connectivity index (χ2n) is 6.79. The maximum absolute atomic E-state index is 13.2. The molecule has 1 unspecified atom stereocenters. The number of carbonyl (C=O) groups is 1. The highest BCUT2D eigenvalue weighted by molar-refractivity contribution is 7.89. The van der Waals surface area contributed by atoms with Crippen LogP contribution in [0, 0.1) is 5.82 Å². The number of hydrogen-bond acceptors (Lipinski definition) is 4. The van der Waals surface area contributed by atoms with Crippen molar-refractivity contribution in [2.45, 2.75) is 30.4 Å². The van der Waals surface area contributed by atoms with Gasteiger partial charge in [0, 0.05) is 24.7 Å². The van der Waals surface area contributed by atoms with Gasteiger partial charge in [0.05, 0.1) is 17.5 Å². The largest absolute Gasteiger partial charge is 0.376 e. The van der Waals surface area contributed by atoms with E-state index in [9.17, 15) is 17.6 Å². The highest BCUT2D eigenvalue weighted by Gasteiger charge is 2.27. The fraction of sp³-hybridized carbons (Fsp3) is 0.350. The normalized spacial score (nSPS) is 16.9. The molecule has 9 heteroatoms. The molecule has 1 aliphatic heterocycles. The Morgan fingerprint density at radius 2 is 1.86 bits per heavy atom. The molecule has 0 aromatic heterocycles. The minimum absolute atomic E-state index is 0.0240. The van der Waals surface area contributed by atoms with Gasteiger partial charge in [0.25, 0.3) is 0 Å². The molecule has 2 aromatic rings. The van der Waals surface area contributed by atoms with Crippen molar-refractivity contribution in [1.29, 1.82) is 0 Å². The molecule has 1 heterocycles. The summed E-state index contributed by atoms with van der Waals surface area (Å²) in [6.07, 6.45) is 1.77. The minimum Gasteiger partial charge on any atom is -0.376 e. The number of ether oxygens (including phenoxy) is 1. The maximum Gasteiger partial charge on any atom is 0.243 e. The van der Waals surface area contributed by atoms with Crippen LogP contribution in [0.15, 0.2) is 53.4 Å². The van der Waals surface area contributed by atoms with E-state index in [-0.39, 0.29) is 24.1 Å². The first-order valence-corrected chi connectivity index (χ1v) is 11.0. The van der Waals surface area contributed by atoms with Gasteiger partial charge in [-0.25, -0.2) is 12.8 Å². The van der Waals surface area contributed by atoms with Crippen molar-refractivity contribution >= 4 is 27.5 Å². The first-order chi connectivity index (χ1) is 13.8. The van der Waals surface area contributed by atoms with E-state index in [2.05, 4.69) is 5.32 Å². The summed E-state index contributed by atoms with van der Waals surface area (Å²) in [5, 5.41) is 3.14. The van der Waals surface area contributed by atoms with Gasteiger partial charge < -0.3 is 10.1 Å². The molecule has 156 valence electrons. The molecule has 1 amide bonds. The molecule has 29 heavy (non-hydrogen) atoms. The second-order valence-corrected chi connectivity index (χ2v) is 9.17. The van der Waals surface area contributed by atoms with Crippen LogP contribution in [0.3, 0.4) is 0 Å². The number of sulfonamides is 1. The van der Waals surface area contributed by atoms with E-state index < -0.39 is 21.7 Å². The van der Waals surface area contributed by atoms with E-state index in [0.29, 0.717) is 23.7 Å². The van der Waals surface area contributed by atoms with E-state index in [0.717, 1.165) is 17.1 Å². The van der Waals surface area contributed by atoms with Gasteiger partial charge in [0.2, 0.25) is 15.9 Å². The van der Waals surface area contributed by atoms with E-state index in [1.54, 1.807) is 0 Å². The molecule has 1 fully saturated rings. The molecule has 1 atom stereocenters. The fourth-order valence-corrected chi connectivity index (χ4v) is 4.53. The van der Waals surface area contributed by atoms with Crippen molar-refractivity contribution in [3.8, 4) is 0 Å². The average Bonchev–Trinajstić information content (AvgIpc) is 3.21. The maximum atomic E-state index is 13.2. The number of benzene rings is 2. The van der Waals surface area contributed by atoms with E-state index in [4.69, 9.17) is 16.3 Å². The summed E-state index contributed by atoms with van der Waals surface area (Å²) >= 11 is 5.85. The zero-order chi connectivity index (χ0) is 20.9. The first-order valence-electron chi connectivity index (χ1n) is 9.23. The van der Waals surface area contributed by atoms with Crippen molar-refractivity contribution in [1.82, 2.24) is 9.62 Å². The number of nitrogens with zero attached hydrogens (tertiary/aromatic N) is 1. The first kappa shape index (κ1) is 21.7. The van der Waals surface area contributed by atoms with Crippen LogP contribution in [0.1, 0.15) is 18.4 Å². The smallest absolute Gasteiger partial charge is 0.243 e. The number of halogens is 2. The number of carbonyl (C=O) groups excluding carboxylic acids is 1. The molecule has 0 aliphatic carbocycles. The van der Waals surface area contributed by atoms with Crippen LogP contribution in [-0.4, -0.2) is 44.4 Å². The minimum atomic E-state index is -3.97. The third-order valence-electron chi connectivity index (χ3n) is 4.59. The third kappa shape index (κ3) is 5.99. The lowest BCUT2D eigenvalue weighted by Crippen LogP contribution is -2.42. The lowest BCUT2D eigenvalue weighted by molar-refractivity contribution is -0.121. The summed E-state index contributed by atoms with van der Waals surface area (Å²) in [5.74, 6) is -0.852. The Balaban J connectivity index is 1.77. The molecular formula is C20H22ClFN2O4S. The molecule has 0 bridgehead atoms. The third-order valence-corrected chi connectivity index (χ3v) is 6.65. The highest BCUT2D eigenvalue weighted by atomic mass is 35.5. The Bertz CT molecular complexity index is 930. The summed E-state index contributed by atoms with van der Waals surface area (Å²) in [6.45, 7) is 0.569. The van der Waals surface area contributed by atoms with Gasteiger partial charge in [-0.1, -0.05) is 23.7 Å². The summed E-state index contributed by atoms with van der Waals surface area (Å²) in [6, 6.07) is 11.2. The molecule has 0 saturated carbocycles. The molecule has 0 radical (unpaired) electrons. The highest BCUT2D eigenvalue weighted by Crippen LogP contribution is 2.21. The number of amides is 1. The molecule has 0 spiro atoms. The molecule has 1 aliphatic rings. The lowest BCUT2D eigenvalue weighted by Gasteiger charge is -2.22. The monoisotopic (exact) mass is 440 g/mol. The summed E-state index contributed by atoms with van der Waals surface area (Å²) in [4.78, 5) is 12.5. The Kier molecular flexibility index (Phi) is 7.23. The van der Waals surface area contributed by atoms with Gasteiger partial charge in [-0.3, -0.25) is 4.79 Å². The van der Waals surface area contributed by atoms with Gasteiger partial charge >= 0.3 is 0 Å². The van der Waals surface area contributed by atoms with Crippen molar-refractivity contribution in [3.63, 3.8) is 0 Å². The molecular weight excluding hydrogens is 419 g/mol. The number of nitrogens with one attached hydrogen (secondary N) is 1. The fourth-order valence-electron chi connectivity index (χ4n) is 3.02. The Morgan fingerprint density at radius 3 is 2.48 bits per heavy atom. The predicted octanol–water partition coefficient (Wildman–Crippen LogP) is 2.97. The van der Waals surface area contributed by atoms with Crippen molar-refractivity contribution in [3.05, 3.63) is 64.9 Å². The Hall–Kier alpha value is -2.00. The molecule has 3 rings (SSSR count). The summed E-state index contributed by atoms with van der Waals surface area (Å²) in [7, 11) is -3.97. The van der Waals surface area contributed by atoms with Gasteiger partial charge in [-0.2, -0.15) is 4.31 Å². The summed E-state index contributed by atoms with van der Waals surface area (Å²) in [5.41, 5.74) is 0.566. The zero-order valence-corrected chi connectivity index (χ0v) is 17.3. The van der Waals surface area contributed by atoms with E-state index in [1.807, 2.05) is 0 Å². The topological polar surface area (TPSA) is 75.7 Å². The van der Waals surface area contributed by atoms with E-state index >= 15 is 0 Å². The van der Waals surface area contributed by atoms with Crippen LogP contribution in [0.2, 0.25) is 5.02 Å². The molecule has 6 nitrogen and oxygen atoms in total. The van der Waals surface area contributed by atoms with Crippen LogP contribution in [0.4, 0.5) is 4.39 Å². The second kappa shape index (κ2) is 9.67. The van der Waals surface area contributed by atoms with Gasteiger partial charge in [-0.05, 0) is 54.8 Å². The van der Waals surface area contributed by atoms with Gasteiger partial charge in [-0.15, -0.1) is 0 Å². The molecule has 2 aromatic carbocycles. The Morgan fingerprint density at radius 1 is 1.17 bits per heavy atom. The molecule has 1 saturated heterocycles. The van der Waals surface area contributed by atoms with Crippen molar-refractivity contribution in [2.24, 2.45) is 0 Å². The van der Waals surface area contributed by atoms with Crippen LogP contribution in [0.5, 0.6) is 0 Å². The van der Waals surface area contributed by atoms with Crippen LogP contribution in [-0.2, 0) is 26.1 Å². The SMILES string of the molecule is O=C(CN(Cc1ccc(F)cc1)S(=O)(=O)c1ccc(Cl)cc1)NCC1CCCO1. The van der Waals surface area contributed by atoms with Gasteiger partial charge in [0.15, 0.2) is 0 Å². The average molecular weight is 441 g/mol. The number of rotatable bonds is 8. The molecule has 1 N–H and O–H groups in total. The quantitative estimate of drug-likeness (QED) is 0.684.